The average Bonchev–Trinajstić information content (AvgIpc) is 3.27. The highest BCUT2D eigenvalue weighted by Gasteiger charge is 2.28. The summed E-state index contributed by atoms with van der Waals surface area (Å²) in [6.07, 6.45) is 36.2. The molecule has 5 atom stereocenters. The number of aliphatic hydroxyl groups is 3. The van der Waals surface area contributed by atoms with Gasteiger partial charge in [-0.1, -0.05) is 180 Å². The predicted molar refractivity (Wildman–Crippen MR) is 252 cm³/mol. The van der Waals surface area contributed by atoms with E-state index < -0.39 is 85.5 Å². The summed E-state index contributed by atoms with van der Waals surface area (Å²) in [5.41, 5.74) is 0. The molecule has 15 nitrogen and oxygen atoms in total. The summed E-state index contributed by atoms with van der Waals surface area (Å²) in [7, 11) is -9.56. The van der Waals surface area contributed by atoms with Crippen molar-refractivity contribution in [1.29, 1.82) is 0 Å². The van der Waals surface area contributed by atoms with Gasteiger partial charge in [0.2, 0.25) is 0 Å². The number of carbonyl (C=O) groups excluding carboxylic acids is 2. The number of carbonyl (C=O) groups is 2. The number of rotatable bonds is 49. The molecule has 0 rings (SSSR count). The topological polar surface area (TPSA) is 225 Å². The summed E-state index contributed by atoms with van der Waals surface area (Å²) in [6, 6.07) is 0. The first-order valence-electron chi connectivity index (χ1n) is 25.0. The molecule has 5 unspecified atom stereocenters. The molecule has 0 aromatic carbocycles. The van der Waals surface area contributed by atoms with Crippen molar-refractivity contribution in [3.8, 4) is 0 Å². The Kier molecular flexibility index (Phi) is 43.5. The standard InChI is InChI=1S/C47H92O15P2/c1-3-5-7-9-11-13-15-17-19-20-22-24-26-28-30-32-34-36-47(52)58-38-44(49)40-60-64(55,56)62-42-45(50)41-61-63(53,54)59-39-43(48)37-57-46(51)35-33-31-29-27-25-23-21-18-16-14-12-10-8-6-4-2/h17,19,43-45,48-50H,3-16,18,20-42H2,1-2H3,(H,53,54)(H,55,56)/b19-17+. The summed E-state index contributed by atoms with van der Waals surface area (Å²) in [5, 5.41) is 30.0. The molecule has 0 aliphatic heterocycles. The number of aliphatic hydroxyl groups excluding tert-OH is 3. The molecule has 0 aliphatic carbocycles. The van der Waals surface area contributed by atoms with Gasteiger partial charge in [-0.05, 0) is 38.5 Å². The minimum absolute atomic E-state index is 0.194. The fourth-order valence-electron chi connectivity index (χ4n) is 6.80. The van der Waals surface area contributed by atoms with E-state index in [4.69, 9.17) is 9.47 Å². The van der Waals surface area contributed by atoms with Gasteiger partial charge in [0, 0.05) is 12.8 Å². The number of allylic oxidation sites excluding steroid dienone is 2. The van der Waals surface area contributed by atoms with E-state index in [-0.39, 0.29) is 12.8 Å². The fraction of sp³-hybridized carbons (Fsp3) is 0.915. The zero-order valence-corrected chi connectivity index (χ0v) is 41.8. The molecule has 0 saturated heterocycles. The molecule has 0 aliphatic rings. The molecule has 0 bridgehead atoms. The third-order valence-electron chi connectivity index (χ3n) is 10.7. The second kappa shape index (κ2) is 44.3. The molecular weight excluding hydrogens is 866 g/mol. The largest absolute Gasteiger partial charge is 0.472 e. The van der Waals surface area contributed by atoms with Gasteiger partial charge in [0.25, 0.3) is 0 Å². The third-order valence-corrected chi connectivity index (χ3v) is 12.6. The smallest absolute Gasteiger partial charge is 0.463 e. The van der Waals surface area contributed by atoms with Crippen LogP contribution in [0.3, 0.4) is 0 Å². The second-order valence-corrected chi connectivity index (χ2v) is 20.1. The van der Waals surface area contributed by atoms with Gasteiger partial charge >= 0.3 is 27.6 Å². The number of unbranched alkanes of at least 4 members (excludes halogenated alkanes) is 27. The number of phosphoric acid groups is 2. The zero-order valence-electron chi connectivity index (χ0n) is 40.0. The molecule has 5 N–H and O–H groups in total. The molecule has 17 heteroatoms. The molecule has 0 fully saturated rings. The maximum atomic E-state index is 12.2. The van der Waals surface area contributed by atoms with Gasteiger partial charge in [0.15, 0.2) is 0 Å². The van der Waals surface area contributed by atoms with Gasteiger partial charge in [-0.3, -0.25) is 27.7 Å². The lowest BCUT2D eigenvalue weighted by Crippen LogP contribution is -2.25. The maximum Gasteiger partial charge on any atom is 0.472 e. The van der Waals surface area contributed by atoms with Gasteiger partial charge in [0.05, 0.1) is 26.4 Å². The summed E-state index contributed by atoms with van der Waals surface area (Å²) < 4.78 is 53.0. The lowest BCUT2D eigenvalue weighted by atomic mass is 10.0. The highest BCUT2D eigenvalue weighted by atomic mass is 31.2. The van der Waals surface area contributed by atoms with Crippen molar-refractivity contribution in [2.75, 3.05) is 39.6 Å². The summed E-state index contributed by atoms with van der Waals surface area (Å²) >= 11 is 0. The van der Waals surface area contributed by atoms with Crippen LogP contribution in [0.15, 0.2) is 12.2 Å². The predicted octanol–water partition coefficient (Wildman–Crippen LogP) is 11.5. The van der Waals surface area contributed by atoms with Crippen molar-refractivity contribution >= 4 is 27.6 Å². The highest BCUT2D eigenvalue weighted by molar-refractivity contribution is 7.47. The third kappa shape index (κ3) is 45.9. The van der Waals surface area contributed by atoms with Crippen LogP contribution in [0.1, 0.15) is 219 Å². The van der Waals surface area contributed by atoms with E-state index in [1.165, 1.54) is 135 Å². The Morgan fingerprint density at radius 2 is 0.625 bits per heavy atom. The average molecular weight is 959 g/mol. The monoisotopic (exact) mass is 959 g/mol. The Hall–Kier alpha value is -1.22. The van der Waals surface area contributed by atoms with Crippen LogP contribution in [0.4, 0.5) is 0 Å². The van der Waals surface area contributed by atoms with Crippen molar-refractivity contribution in [1.82, 2.24) is 0 Å². The SMILES string of the molecule is CCCCCCCC/C=C/CCCCCCCCCC(=O)OCC(O)COP(=O)(O)OCC(O)COP(=O)(O)OCC(O)COC(=O)CCCCCCCCCCCCCCCCC. The van der Waals surface area contributed by atoms with Gasteiger partial charge in [0.1, 0.15) is 31.5 Å². The molecule has 0 heterocycles. The van der Waals surface area contributed by atoms with Crippen molar-refractivity contribution in [3.05, 3.63) is 12.2 Å². The highest BCUT2D eigenvalue weighted by Crippen LogP contribution is 2.45. The number of ether oxygens (including phenoxy) is 2. The molecule has 380 valence electrons. The van der Waals surface area contributed by atoms with E-state index in [1.54, 1.807) is 0 Å². The fourth-order valence-corrected chi connectivity index (χ4v) is 8.39. The van der Waals surface area contributed by atoms with Crippen LogP contribution in [0.5, 0.6) is 0 Å². The van der Waals surface area contributed by atoms with Gasteiger partial charge < -0.3 is 34.6 Å². The Morgan fingerprint density at radius 1 is 0.391 bits per heavy atom. The Morgan fingerprint density at radius 3 is 0.906 bits per heavy atom. The van der Waals surface area contributed by atoms with Crippen LogP contribution < -0.4 is 0 Å². The van der Waals surface area contributed by atoms with E-state index in [2.05, 4.69) is 44.1 Å². The van der Waals surface area contributed by atoms with Gasteiger partial charge in [-0.25, -0.2) is 9.13 Å². The lowest BCUT2D eigenvalue weighted by molar-refractivity contribution is -0.148. The van der Waals surface area contributed by atoms with E-state index in [9.17, 15) is 43.8 Å². The minimum atomic E-state index is -4.78. The van der Waals surface area contributed by atoms with Crippen LogP contribution in [0, 0.1) is 0 Å². The van der Waals surface area contributed by atoms with E-state index in [0.29, 0.717) is 12.8 Å². The quantitative estimate of drug-likeness (QED) is 0.0165. The minimum Gasteiger partial charge on any atom is -0.463 e. The Labute approximate surface area is 387 Å². The van der Waals surface area contributed by atoms with Crippen LogP contribution >= 0.6 is 15.6 Å². The second-order valence-electron chi connectivity index (χ2n) is 17.2. The Bertz CT molecular complexity index is 1210. The first-order valence-corrected chi connectivity index (χ1v) is 28.0. The van der Waals surface area contributed by atoms with Crippen LogP contribution in [0.25, 0.3) is 0 Å². The van der Waals surface area contributed by atoms with Crippen LogP contribution in [-0.2, 0) is 46.3 Å². The zero-order chi connectivity index (χ0) is 47.4. The van der Waals surface area contributed by atoms with Crippen molar-refractivity contribution < 1.29 is 71.4 Å². The summed E-state index contributed by atoms with van der Waals surface area (Å²) in [4.78, 5) is 43.8. The van der Waals surface area contributed by atoms with Crippen LogP contribution in [-0.4, -0.2) is 95.0 Å². The number of hydrogen-bond acceptors (Lipinski definition) is 13. The first-order chi connectivity index (χ1) is 30.8. The molecular formula is C47H92O15P2. The number of esters is 2. The van der Waals surface area contributed by atoms with E-state index >= 15 is 0 Å². The van der Waals surface area contributed by atoms with Crippen molar-refractivity contribution in [2.24, 2.45) is 0 Å². The van der Waals surface area contributed by atoms with E-state index in [1.807, 2.05) is 0 Å². The normalized spacial score (nSPS) is 15.2. The molecule has 0 amide bonds. The molecule has 0 spiro atoms. The molecule has 64 heavy (non-hydrogen) atoms. The van der Waals surface area contributed by atoms with Gasteiger partial charge in [-0.2, -0.15) is 0 Å². The van der Waals surface area contributed by atoms with Crippen molar-refractivity contribution in [3.63, 3.8) is 0 Å². The number of hydrogen-bond donors (Lipinski definition) is 5. The molecule has 0 radical (unpaired) electrons. The van der Waals surface area contributed by atoms with Gasteiger partial charge in [-0.15, -0.1) is 0 Å². The molecule has 0 aromatic rings. The number of phosphoric ester groups is 2. The maximum absolute atomic E-state index is 12.2. The summed E-state index contributed by atoms with van der Waals surface area (Å²) in [6.45, 7) is 0.452. The lowest BCUT2D eigenvalue weighted by Gasteiger charge is -2.19. The van der Waals surface area contributed by atoms with Crippen LogP contribution in [0.2, 0.25) is 0 Å². The molecule has 0 aromatic heterocycles. The van der Waals surface area contributed by atoms with Crippen molar-refractivity contribution in [2.45, 2.75) is 238 Å². The summed E-state index contributed by atoms with van der Waals surface area (Å²) in [5.74, 6) is -0.990. The van der Waals surface area contributed by atoms with E-state index in [0.717, 1.165) is 44.9 Å². The molecule has 0 saturated carbocycles. The Balaban J connectivity index is 3.85. The first kappa shape index (κ1) is 62.8.